The van der Waals surface area contributed by atoms with E-state index in [2.05, 4.69) is 31.9 Å². The van der Waals surface area contributed by atoms with Crippen LogP contribution in [0.1, 0.15) is 166 Å². The fourth-order valence-electron chi connectivity index (χ4n) is 7.54. The fourth-order valence-corrected chi connectivity index (χ4v) is 7.54. The second kappa shape index (κ2) is 30.1. The van der Waals surface area contributed by atoms with E-state index in [0.717, 1.165) is 5.56 Å². The van der Waals surface area contributed by atoms with Crippen molar-refractivity contribution in [3.05, 3.63) is 35.4 Å². The van der Waals surface area contributed by atoms with Gasteiger partial charge in [0.1, 0.15) is 47.0 Å². The molecule has 20 heteroatoms. The number of carbonyl (C=O) groups is 9. The first-order valence-corrected chi connectivity index (χ1v) is 25.6. The molecule has 20 nitrogen and oxygen atoms in total. The van der Waals surface area contributed by atoms with Gasteiger partial charge < -0.3 is 55.6 Å². The van der Waals surface area contributed by atoms with Crippen LogP contribution < -0.4 is 31.9 Å². The first-order valence-electron chi connectivity index (χ1n) is 25.6. The SMILES string of the molecule is CCC[C@H](NC(=O)[C@H](CC(C)C)NC(=O)[C@@H](NC(=O)[C@H](Cc1ccccc1C)NC(=O)[C@H](CCC(=O)OC(C)(C)C)NC(=O)[C@H](CC(=O)OC(C)(C)C)NC(=O)CCC(=O)OC(C)(C)C)C(C)(C)C)C(OC)OC. The van der Waals surface area contributed by atoms with Crippen LogP contribution in [-0.2, 0) is 73.3 Å². The summed E-state index contributed by atoms with van der Waals surface area (Å²) in [5.74, 6) is -6.94. The number of hydrogen-bond donors (Lipinski definition) is 6. The number of methoxy groups -OCH3 is 2. The van der Waals surface area contributed by atoms with E-state index in [1.807, 2.05) is 33.8 Å². The van der Waals surface area contributed by atoms with Gasteiger partial charge in [-0.05, 0) is 111 Å². The summed E-state index contributed by atoms with van der Waals surface area (Å²) in [6.45, 7) is 27.6. The summed E-state index contributed by atoms with van der Waals surface area (Å²) in [7, 11) is 2.93. The zero-order valence-corrected chi connectivity index (χ0v) is 47.5. The highest BCUT2D eigenvalue weighted by molar-refractivity contribution is 5.98. The highest BCUT2D eigenvalue weighted by Gasteiger charge is 2.39. The number of carbonyl (C=O) groups excluding carboxylic acids is 9. The minimum Gasteiger partial charge on any atom is -0.460 e. The van der Waals surface area contributed by atoms with E-state index in [1.165, 1.54) is 14.2 Å². The number of esters is 3. The fraction of sp³-hybridized carbons (Fsp3) is 0.722. The van der Waals surface area contributed by atoms with Crippen molar-refractivity contribution in [2.75, 3.05) is 14.2 Å². The quantitative estimate of drug-likeness (QED) is 0.0369. The van der Waals surface area contributed by atoms with Gasteiger partial charge in [-0.2, -0.15) is 0 Å². The number of rotatable bonds is 28. The van der Waals surface area contributed by atoms with Crippen LogP contribution in [0, 0.1) is 18.3 Å². The van der Waals surface area contributed by atoms with E-state index in [4.69, 9.17) is 23.7 Å². The van der Waals surface area contributed by atoms with Crippen LogP contribution in [0.5, 0.6) is 0 Å². The molecule has 0 aliphatic heterocycles. The van der Waals surface area contributed by atoms with Gasteiger partial charge in [-0.3, -0.25) is 43.2 Å². The predicted octanol–water partition coefficient (Wildman–Crippen LogP) is 4.93. The molecule has 0 aliphatic carbocycles. The highest BCUT2D eigenvalue weighted by atomic mass is 16.7. The lowest BCUT2D eigenvalue weighted by atomic mass is 9.85. The summed E-state index contributed by atoms with van der Waals surface area (Å²) in [4.78, 5) is 124. The van der Waals surface area contributed by atoms with Crippen LogP contribution in [-0.4, -0.2) is 127 Å². The minimum absolute atomic E-state index is 0.0375. The molecule has 0 aromatic heterocycles. The molecule has 6 N–H and O–H groups in total. The second-order valence-electron chi connectivity index (χ2n) is 23.1. The van der Waals surface area contributed by atoms with Crippen molar-refractivity contribution < 1.29 is 66.8 Å². The molecule has 0 heterocycles. The normalized spacial score (nSPS) is 14.5. The lowest BCUT2D eigenvalue weighted by Gasteiger charge is -2.34. The highest BCUT2D eigenvalue weighted by Crippen LogP contribution is 2.22. The molecule has 0 unspecified atom stereocenters. The molecule has 0 aliphatic rings. The van der Waals surface area contributed by atoms with E-state index in [9.17, 15) is 43.2 Å². The van der Waals surface area contributed by atoms with E-state index >= 15 is 0 Å². The molecule has 6 atom stereocenters. The van der Waals surface area contributed by atoms with Crippen LogP contribution in [0.25, 0.3) is 0 Å². The molecule has 0 bridgehead atoms. The van der Waals surface area contributed by atoms with Gasteiger partial charge in [0.2, 0.25) is 35.4 Å². The first-order chi connectivity index (χ1) is 34.0. The van der Waals surface area contributed by atoms with Crippen LogP contribution in [0.15, 0.2) is 24.3 Å². The van der Waals surface area contributed by atoms with Crippen molar-refractivity contribution in [1.29, 1.82) is 0 Å². The molecular formula is C54H90N6O14. The van der Waals surface area contributed by atoms with E-state index in [1.54, 1.807) is 101 Å². The third kappa shape index (κ3) is 26.5. The molecule has 6 amide bonds. The first kappa shape index (κ1) is 66.4. The van der Waals surface area contributed by atoms with E-state index in [-0.39, 0.29) is 31.6 Å². The summed E-state index contributed by atoms with van der Waals surface area (Å²) in [6, 6.07) is -0.284. The second-order valence-corrected chi connectivity index (χ2v) is 23.1. The Morgan fingerprint density at radius 2 is 1.00 bits per heavy atom. The largest absolute Gasteiger partial charge is 0.460 e. The third-order valence-electron chi connectivity index (χ3n) is 10.9. The number of hydrogen-bond acceptors (Lipinski definition) is 14. The molecule has 1 aromatic rings. The van der Waals surface area contributed by atoms with E-state index < -0.39 is 137 Å². The maximum absolute atomic E-state index is 14.7. The summed E-state index contributed by atoms with van der Waals surface area (Å²) < 4.78 is 27.1. The Labute approximate surface area is 439 Å². The average Bonchev–Trinajstić information content (AvgIpc) is 3.24. The lowest BCUT2D eigenvalue weighted by Crippen LogP contribution is -2.62. The summed E-state index contributed by atoms with van der Waals surface area (Å²) in [6.07, 6.45) is -1.55. The third-order valence-corrected chi connectivity index (χ3v) is 10.9. The zero-order chi connectivity index (χ0) is 56.9. The molecule has 0 saturated carbocycles. The topological polar surface area (TPSA) is 272 Å². The lowest BCUT2D eigenvalue weighted by molar-refractivity contribution is -0.158. The Morgan fingerprint density at radius 1 is 0.527 bits per heavy atom. The van der Waals surface area contributed by atoms with Crippen LogP contribution in [0.3, 0.4) is 0 Å². The molecule has 74 heavy (non-hydrogen) atoms. The molecule has 0 spiro atoms. The van der Waals surface area contributed by atoms with Crippen molar-refractivity contribution in [2.24, 2.45) is 11.3 Å². The van der Waals surface area contributed by atoms with Crippen molar-refractivity contribution >= 4 is 53.4 Å². The maximum Gasteiger partial charge on any atom is 0.308 e. The Balaban J connectivity index is 3.79. The van der Waals surface area contributed by atoms with Crippen molar-refractivity contribution in [2.45, 2.75) is 228 Å². The van der Waals surface area contributed by atoms with Gasteiger partial charge in [0.05, 0.1) is 18.9 Å². The average molecular weight is 1050 g/mol. The molecule has 0 fully saturated rings. The van der Waals surface area contributed by atoms with Crippen LogP contribution in [0.4, 0.5) is 0 Å². The Hall–Kier alpha value is -5.63. The summed E-state index contributed by atoms with van der Waals surface area (Å²) in [5.41, 5.74) is -2.22. The smallest absolute Gasteiger partial charge is 0.308 e. The molecule has 1 aromatic carbocycles. The summed E-state index contributed by atoms with van der Waals surface area (Å²) >= 11 is 0. The monoisotopic (exact) mass is 1050 g/mol. The van der Waals surface area contributed by atoms with Crippen molar-refractivity contribution in [3.63, 3.8) is 0 Å². The van der Waals surface area contributed by atoms with Gasteiger partial charge in [0.15, 0.2) is 6.29 Å². The van der Waals surface area contributed by atoms with Crippen molar-refractivity contribution in [1.82, 2.24) is 31.9 Å². The number of nitrogens with one attached hydrogen (secondary N) is 6. The van der Waals surface area contributed by atoms with Crippen LogP contribution >= 0.6 is 0 Å². The number of amides is 6. The maximum atomic E-state index is 14.7. The number of ether oxygens (including phenoxy) is 5. The Morgan fingerprint density at radius 3 is 1.50 bits per heavy atom. The van der Waals surface area contributed by atoms with Gasteiger partial charge in [-0.25, -0.2) is 0 Å². The van der Waals surface area contributed by atoms with Gasteiger partial charge in [0.25, 0.3) is 0 Å². The standard InChI is InChI=1S/C54H90N6O14/c1-19-22-36(50(70-17)71-18)57-46(66)37(29-32(2)3)59-49(69)44(51(5,6)7)60-48(68)38(30-34-24-21-20-23-33(34)4)58-45(65)35(25-27-41(62)72-52(8,9)10)56-47(67)39(31-43(64)74-54(14,15)16)55-40(61)26-28-42(63)73-53(11,12)13/h20-21,23-24,32,35-39,44,50H,19,22,25-31H2,1-18H3,(H,55,61)(H,56,67)(H,57,66)(H,58,65)(H,59,69)(H,60,68)/t35-,36-,37-,38-,39-,44+/m0/s1. The number of aryl methyl sites for hydroxylation is 1. The van der Waals surface area contributed by atoms with Gasteiger partial charge in [-0.1, -0.05) is 72.2 Å². The number of benzene rings is 1. The van der Waals surface area contributed by atoms with E-state index in [0.29, 0.717) is 18.4 Å². The zero-order valence-electron chi connectivity index (χ0n) is 47.5. The molecule has 0 radical (unpaired) electrons. The molecule has 1 rings (SSSR count). The minimum atomic E-state index is -1.63. The molecule has 420 valence electrons. The van der Waals surface area contributed by atoms with Gasteiger partial charge in [-0.15, -0.1) is 0 Å². The van der Waals surface area contributed by atoms with Crippen molar-refractivity contribution in [3.8, 4) is 0 Å². The van der Waals surface area contributed by atoms with Gasteiger partial charge >= 0.3 is 17.9 Å². The van der Waals surface area contributed by atoms with Gasteiger partial charge in [0, 0.05) is 33.5 Å². The molecular weight excluding hydrogens is 957 g/mol. The molecule has 0 saturated heterocycles. The summed E-state index contributed by atoms with van der Waals surface area (Å²) in [5, 5.41) is 16.4. The Kier molecular flexibility index (Phi) is 27.0. The predicted molar refractivity (Wildman–Crippen MR) is 279 cm³/mol. The van der Waals surface area contributed by atoms with Crippen LogP contribution in [0.2, 0.25) is 0 Å². The Bertz CT molecular complexity index is 2040.